The van der Waals surface area contributed by atoms with Gasteiger partial charge in [-0.05, 0) is 30.9 Å². The van der Waals surface area contributed by atoms with Gasteiger partial charge < -0.3 is 5.32 Å². The van der Waals surface area contributed by atoms with Gasteiger partial charge in [0.2, 0.25) is 0 Å². The van der Waals surface area contributed by atoms with Crippen LogP contribution in [0.2, 0.25) is 0 Å². The predicted octanol–water partition coefficient (Wildman–Crippen LogP) is 2.26. The van der Waals surface area contributed by atoms with Crippen LogP contribution in [0.3, 0.4) is 0 Å². The summed E-state index contributed by atoms with van der Waals surface area (Å²) in [7, 11) is 0. The second-order valence-corrected chi connectivity index (χ2v) is 4.73. The lowest BCUT2D eigenvalue weighted by Gasteiger charge is -2.21. The highest BCUT2D eigenvalue weighted by molar-refractivity contribution is 5.92. The summed E-state index contributed by atoms with van der Waals surface area (Å²) in [6, 6.07) is 6.85. The van der Waals surface area contributed by atoms with E-state index in [0.29, 0.717) is 11.6 Å². The Balaban J connectivity index is 1.89. The van der Waals surface area contributed by atoms with Gasteiger partial charge in [0.15, 0.2) is 0 Å². The lowest BCUT2D eigenvalue weighted by molar-refractivity contribution is 0.0938. The van der Waals surface area contributed by atoms with Gasteiger partial charge in [-0.3, -0.25) is 4.79 Å². The molecule has 4 heteroatoms. The van der Waals surface area contributed by atoms with Crippen LogP contribution in [0, 0.1) is 17.2 Å². The molecule has 1 fully saturated rings. The summed E-state index contributed by atoms with van der Waals surface area (Å²) in [4.78, 5) is 15.9. The number of nitrogens with zero attached hydrogens (tertiary/aromatic N) is 2. The molecule has 1 amide bonds. The summed E-state index contributed by atoms with van der Waals surface area (Å²) in [5.74, 6) is 0.416. The molecule has 1 saturated carbocycles. The van der Waals surface area contributed by atoms with Crippen LogP contribution >= 0.6 is 0 Å². The highest BCUT2D eigenvalue weighted by Gasteiger charge is 2.15. The van der Waals surface area contributed by atoms with E-state index >= 15 is 0 Å². The molecule has 0 aliphatic heterocycles. The minimum absolute atomic E-state index is 0.183. The Kier molecular flexibility index (Phi) is 4.30. The Morgan fingerprint density at radius 3 is 2.89 bits per heavy atom. The molecule has 0 atom stereocenters. The van der Waals surface area contributed by atoms with Gasteiger partial charge in [0.25, 0.3) is 5.91 Å². The summed E-state index contributed by atoms with van der Waals surface area (Å²) in [5.41, 5.74) is 0.602. The van der Waals surface area contributed by atoms with E-state index in [0.717, 1.165) is 6.54 Å². The lowest BCUT2D eigenvalue weighted by Crippen LogP contribution is -2.30. The smallest absolute Gasteiger partial charge is 0.269 e. The van der Waals surface area contributed by atoms with Crippen molar-refractivity contribution in [2.24, 2.45) is 5.92 Å². The maximum absolute atomic E-state index is 11.9. The normalized spacial score (nSPS) is 15.9. The van der Waals surface area contributed by atoms with E-state index in [9.17, 15) is 4.79 Å². The first kappa shape index (κ1) is 12.6. The molecule has 0 unspecified atom stereocenters. The van der Waals surface area contributed by atoms with Crippen molar-refractivity contribution in [2.75, 3.05) is 6.54 Å². The van der Waals surface area contributed by atoms with Gasteiger partial charge in [0.1, 0.15) is 17.5 Å². The van der Waals surface area contributed by atoms with Crippen molar-refractivity contribution in [3.63, 3.8) is 0 Å². The fourth-order valence-corrected chi connectivity index (χ4v) is 2.34. The lowest BCUT2D eigenvalue weighted by atomic mass is 9.89. The van der Waals surface area contributed by atoms with Gasteiger partial charge >= 0.3 is 0 Å². The molecule has 1 heterocycles. The van der Waals surface area contributed by atoms with Crippen LogP contribution in [-0.2, 0) is 0 Å². The zero-order valence-corrected chi connectivity index (χ0v) is 10.4. The monoisotopic (exact) mass is 243 g/mol. The van der Waals surface area contributed by atoms with Crippen LogP contribution in [0.5, 0.6) is 0 Å². The minimum Gasteiger partial charge on any atom is -0.350 e. The molecule has 1 aromatic heterocycles. The largest absolute Gasteiger partial charge is 0.350 e. The molecule has 1 aromatic rings. The van der Waals surface area contributed by atoms with Gasteiger partial charge in [0, 0.05) is 6.54 Å². The maximum atomic E-state index is 11.9. The van der Waals surface area contributed by atoms with Gasteiger partial charge in [-0.1, -0.05) is 25.3 Å². The molecule has 1 N–H and O–H groups in total. The third-order valence-corrected chi connectivity index (χ3v) is 3.37. The molecule has 1 aliphatic rings. The van der Waals surface area contributed by atoms with E-state index in [-0.39, 0.29) is 11.6 Å². The number of amides is 1. The van der Waals surface area contributed by atoms with Crippen molar-refractivity contribution >= 4 is 5.91 Å². The summed E-state index contributed by atoms with van der Waals surface area (Å²) < 4.78 is 0. The molecular weight excluding hydrogens is 226 g/mol. The van der Waals surface area contributed by atoms with E-state index in [1.54, 1.807) is 18.2 Å². The van der Waals surface area contributed by atoms with E-state index in [1.165, 1.54) is 32.1 Å². The van der Waals surface area contributed by atoms with E-state index in [1.807, 2.05) is 6.07 Å². The van der Waals surface area contributed by atoms with Crippen LogP contribution in [0.25, 0.3) is 0 Å². The first-order valence-corrected chi connectivity index (χ1v) is 6.45. The van der Waals surface area contributed by atoms with E-state index < -0.39 is 0 Å². The average Bonchev–Trinajstić information content (AvgIpc) is 2.46. The third-order valence-electron chi connectivity index (χ3n) is 3.37. The fraction of sp³-hybridized carbons (Fsp3) is 0.500. The molecule has 94 valence electrons. The van der Waals surface area contributed by atoms with Crippen LogP contribution < -0.4 is 5.32 Å². The second-order valence-electron chi connectivity index (χ2n) is 4.73. The molecule has 0 spiro atoms. The first-order valence-electron chi connectivity index (χ1n) is 6.45. The summed E-state index contributed by atoms with van der Waals surface area (Å²) in [6.07, 6.45) is 6.25. The van der Waals surface area contributed by atoms with Crippen molar-refractivity contribution in [3.05, 3.63) is 29.6 Å². The summed E-state index contributed by atoms with van der Waals surface area (Å²) in [6.45, 7) is 0.720. The van der Waals surface area contributed by atoms with Crippen molar-refractivity contribution in [1.29, 1.82) is 5.26 Å². The minimum atomic E-state index is -0.183. The number of hydrogen-bond donors (Lipinski definition) is 1. The Morgan fingerprint density at radius 1 is 1.39 bits per heavy atom. The number of nitrogens with one attached hydrogen (secondary N) is 1. The zero-order valence-electron chi connectivity index (χ0n) is 10.4. The Bertz CT molecular complexity index is 458. The number of aromatic nitrogens is 1. The molecule has 4 nitrogen and oxygen atoms in total. The molecule has 0 saturated heterocycles. The number of hydrogen-bond acceptors (Lipinski definition) is 3. The van der Waals surface area contributed by atoms with Crippen LogP contribution in [-0.4, -0.2) is 17.4 Å². The number of pyridine rings is 1. The Morgan fingerprint density at radius 2 is 2.17 bits per heavy atom. The predicted molar refractivity (Wildman–Crippen MR) is 67.9 cm³/mol. The average molecular weight is 243 g/mol. The van der Waals surface area contributed by atoms with Gasteiger partial charge in [0.05, 0.1) is 0 Å². The number of carbonyl (C=O) groups excluding carboxylic acids is 1. The van der Waals surface area contributed by atoms with Crippen molar-refractivity contribution in [2.45, 2.75) is 32.1 Å². The number of rotatable bonds is 3. The molecule has 0 radical (unpaired) electrons. The highest BCUT2D eigenvalue weighted by Crippen LogP contribution is 2.22. The van der Waals surface area contributed by atoms with Gasteiger partial charge in [-0.15, -0.1) is 0 Å². The van der Waals surface area contributed by atoms with Gasteiger partial charge in [-0.25, -0.2) is 4.98 Å². The van der Waals surface area contributed by atoms with Crippen molar-refractivity contribution in [1.82, 2.24) is 10.3 Å². The van der Waals surface area contributed by atoms with Crippen molar-refractivity contribution < 1.29 is 4.79 Å². The second kappa shape index (κ2) is 6.15. The molecule has 0 bridgehead atoms. The summed E-state index contributed by atoms with van der Waals surface area (Å²) in [5, 5.41) is 11.6. The van der Waals surface area contributed by atoms with Crippen LogP contribution in [0.4, 0.5) is 0 Å². The molecular formula is C14H17N3O. The quantitative estimate of drug-likeness (QED) is 0.885. The topological polar surface area (TPSA) is 65.8 Å². The highest BCUT2D eigenvalue weighted by atomic mass is 16.1. The molecule has 2 rings (SSSR count). The fourth-order valence-electron chi connectivity index (χ4n) is 2.34. The first-order chi connectivity index (χ1) is 8.79. The standard InChI is InChI=1S/C14H17N3O/c15-9-12-7-4-8-13(17-12)14(18)16-10-11-5-2-1-3-6-11/h4,7-8,11H,1-3,5-6,10H2,(H,16,18). The Hall–Kier alpha value is -1.89. The zero-order chi connectivity index (χ0) is 12.8. The molecule has 18 heavy (non-hydrogen) atoms. The maximum Gasteiger partial charge on any atom is 0.269 e. The summed E-state index contributed by atoms with van der Waals surface area (Å²) >= 11 is 0. The molecule has 1 aliphatic carbocycles. The van der Waals surface area contributed by atoms with Crippen molar-refractivity contribution in [3.8, 4) is 6.07 Å². The van der Waals surface area contributed by atoms with Crippen LogP contribution in [0.15, 0.2) is 18.2 Å². The SMILES string of the molecule is N#Cc1cccc(C(=O)NCC2CCCCC2)n1. The number of nitriles is 1. The van der Waals surface area contributed by atoms with Crippen LogP contribution in [0.1, 0.15) is 48.3 Å². The van der Waals surface area contributed by atoms with E-state index in [2.05, 4.69) is 10.3 Å². The third kappa shape index (κ3) is 3.30. The van der Waals surface area contributed by atoms with E-state index in [4.69, 9.17) is 5.26 Å². The number of carbonyl (C=O) groups is 1. The Labute approximate surface area is 107 Å². The molecule has 0 aromatic carbocycles. The van der Waals surface area contributed by atoms with Gasteiger partial charge in [-0.2, -0.15) is 5.26 Å².